The molecule has 0 atom stereocenters. The van der Waals surface area contributed by atoms with Crippen molar-refractivity contribution in [3.63, 3.8) is 0 Å². The van der Waals surface area contributed by atoms with Crippen molar-refractivity contribution in [1.82, 2.24) is 15.3 Å². The fourth-order valence-electron chi connectivity index (χ4n) is 2.74. The van der Waals surface area contributed by atoms with Crippen molar-refractivity contribution in [1.29, 1.82) is 0 Å². The van der Waals surface area contributed by atoms with Crippen LogP contribution in [0.3, 0.4) is 0 Å². The number of benzene rings is 1. The molecule has 0 saturated carbocycles. The third kappa shape index (κ3) is 3.38. The maximum Gasteiger partial charge on any atom is 0.216 e. The number of fused-ring (bicyclic) bond motifs is 1. The van der Waals surface area contributed by atoms with Crippen LogP contribution in [0.1, 0.15) is 18.1 Å². The molecule has 0 radical (unpaired) electrons. The molecule has 24 heavy (non-hydrogen) atoms. The summed E-state index contributed by atoms with van der Waals surface area (Å²) in [5, 5.41) is 9.26. The SMILES string of the molecule is CC(=O)NCCNc1ncnc2scc(-c3ccc(C)cc3C)c12. The van der Waals surface area contributed by atoms with Gasteiger partial charge in [-0.2, -0.15) is 0 Å². The molecule has 3 rings (SSSR count). The highest BCUT2D eigenvalue weighted by atomic mass is 32.1. The van der Waals surface area contributed by atoms with Gasteiger partial charge in [-0.05, 0) is 25.0 Å². The van der Waals surface area contributed by atoms with Crippen molar-refractivity contribution in [2.45, 2.75) is 20.8 Å². The number of aryl methyl sites for hydroxylation is 2. The molecule has 5 nitrogen and oxygen atoms in total. The zero-order chi connectivity index (χ0) is 17.1. The van der Waals surface area contributed by atoms with Crippen molar-refractivity contribution < 1.29 is 4.79 Å². The molecule has 1 amide bonds. The topological polar surface area (TPSA) is 66.9 Å². The average molecular weight is 340 g/mol. The zero-order valence-electron chi connectivity index (χ0n) is 14.0. The first-order valence-corrected chi connectivity index (χ1v) is 8.72. The average Bonchev–Trinajstić information content (AvgIpc) is 2.96. The maximum absolute atomic E-state index is 11.0. The van der Waals surface area contributed by atoms with E-state index in [4.69, 9.17) is 0 Å². The van der Waals surface area contributed by atoms with E-state index in [0.717, 1.165) is 21.6 Å². The highest BCUT2D eigenvalue weighted by Gasteiger charge is 2.14. The Bertz CT molecular complexity index is 888. The quantitative estimate of drug-likeness (QED) is 0.697. The second-order valence-electron chi connectivity index (χ2n) is 5.78. The van der Waals surface area contributed by atoms with Crippen LogP contribution in [0, 0.1) is 13.8 Å². The Morgan fingerprint density at radius 3 is 2.75 bits per heavy atom. The number of nitrogens with one attached hydrogen (secondary N) is 2. The van der Waals surface area contributed by atoms with Gasteiger partial charge in [0.05, 0.1) is 5.39 Å². The summed E-state index contributed by atoms with van der Waals surface area (Å²) in [6.45, 7) is 6.91. The normalized spacial score (nSPS) is 10.8. The van der Waals surface area contributed by atoms with Crippen LogP contribution in [0.4, 0.5) is 5.82 Å². The highest BCUT2D eigenvalue weighted by Crippen LogP contribution is 2.37. The summed E-state index contributed by atoms with van der Waals surface area (Å²) in [5.41, 5.74) is 4.84. The van der Waals surface area contributed by atoms with Gasteiger partial charge in [0.1, 0.15) is 17.0 Å². The summed E-state index contributed by atoms with van der Waals surface area (Å²) in [4.78, 5) is 20.7. The lowest BCUT2D eigenvalue weighted by Gasteiger charge is -2.10. The van der Waals surface area contributed by atoms with Crippen LogP contribution in [0.15, 0.2) is 29.9 Å². The van der Waals surface area contributed by atoms with Gasteiger partial charge in [0.15, 0.2) is 0 Å². The molecular weight excluding hydrogens is 320 g/mol. The Hall–Kier alpha value is -2.47. The van der Waals surface area contributed by atoms with Crippen molar-refractivity contribution in [2.24, 2.45) is 0 Å². The lowest BCUT2D eigenvalue weighted by Crippen LogP contribution is -2.26. The van der Waals surface area contributed by atoms with Crippen LogP contribution in [0.5, 0.6) is 0 Å². The molecular formula is C18H20N4OS. The van der Waals surface area contributed by atoms with Crippen molar-refractivity contribution >= 4 is 33.3 Å². The van der Waals surface area contributed by atoms with Crippen molar-refractivity contribution in [2.75, 3.05) is 18.4 Å². The molecule has 0 bridgehead atoms. The standard InChI is InChI=1S/C18H20N4OS/c1-11-4-5-14(12(2)8-11)15-9-24-18-16(15)17(21-10-22-18)20-7-6-19-13(3)23/h4-5,8-10H,6-7H2,1-3H3,(H,19,23)(H,20,21,22). The molecule has 0 spiro atoms. The van der Waals surface area contributed by atoms with E-state index in [1.807, 2.05) is 0 Å². The molecule has 0 fully saturated rings. The van der Waals surface area contributed by atoms with E-state index in [-0.39, 0.29) is 5.91 Å². The number of aromatic nitrogens is 2. The predicted molar refractivity (Wildman–Crippen MR) is 99.5 cm³/mol. The first-order chi connectivity index (χ1) is 11.6. The van der Waals surface area contributed by atoms with E-state index in [0.29, 0.717) is 13.1 Å². The Morgan fingerprint density at radius 1 is 1.17 bits per heavy atom. The van der Waals surface area contributed by atoms with E-state index in [2.05, 4.69) is 58.0 Å². The van der Waals surface area contributed by atoms with Crippen molar-refractivity contribution in [3.8, 4) is 11.1 Å². The van der Waals surface area contributed by atoms with E-state index in [9.17, 15) is 4.79 Å². The molecule has 1 aromatic carbocycles. The van der Waals surface area contributed by atoms with Gasteiger partial charge in [0.25, 0.3) is 0 Å². The van der Waals surface area contributed by atoms with Crippen LogP contribution in [-0.4, -0.2) is 29.0 Å². The number of nitrogens with zero attached hydrogens (tertiary/aromatic N) is 2. The van der Waals surface area contributed by atoms with Crippen molar-refractivity contribution in [3.05, 3.63) is 41.0 Å². The number of hydrogen-bond acceptors (Lipinski definition) is 5. The number of amides is 1. The van der Waals surface area contributed by atoms with E-state index in [1.165, 1.54) is 23.6 Å². The van der Waals surface area contributed by atoms with Crippen LogP contribution in [0.25, 0.3) is 21.3 Å². The van der Waals surface area contributed by atoms with Crippen LogP contribution < -0.4 is 10.6 Å². The molecule has 0 aliphatic rings. The Balaban J connectivity index is 1.96. The smallest absolute Gasteiger partial charge is 0.216 e. The lowest BCUT2D eigenvalue weighted by molar-refractivity contribution is -0.118. The first-order valence-electron chi connectivity index (χ1n) is 7.84. The number of thiophene rings is 1. The number of rotatable bonds is 5. The Labute approximate surface area is 145 Å². The molecule has 3 aromatic rings. The lowest BCUT2D eigenvalue weighted by atomic mass is 9.99. The summed E-state index contributed by atoms with van der Waals surface area (Å²) in [5.74, 6) is 0.776. The third-order valence-corrected chi connectivity index (χ3v) is 4.72. The van der Waals surface area contributed by atoms with Gasteiger partial charge in [0, 0.05) is 31.0 Å². The van der Waals surface area contributed by atoms with Gasteiger partial charge >= 0.3 is 0 Å². The maximum atomic E-state index is 11.0. The fourth-order valence-corrected chi connectivity index (χ4v) is 3.65. The number of carbonyl (C=O) groups excluding carboxylic acids is 1. The number of hydrogen-bond donors (Lipinski definition) is 2. The van der Waals surface area contributed by atoms with Gasteiger partial charge in [0.2, 0.25) is 5.91 Å². The van der Waals surface area contributed by atoms with Gasteiger partial charge in [-0.1, -0.05) is 23.8 Å². The molecule has 124 valence electrons. The van der Waals surface area contributed by atoms with Gasteiger partial charge in [-0.25, -0.2) is 9.97 Å². The van der Waals surface area contributed by atoms with Gasteiger partial charge < -0.3 is 10.6 Å². The molecule has 0 aliphatic carbocycles. The summed E-state index contributed by atoms with van der Waals surface area (Å²) in [7, 11) is 0. The highest BCUT2D eigenvalue weighted by molar-refractivity contribution is 7.17. The summed E-state index contributed by atoms with van der Waals surface area (Å²) < 4.78 is 0. The fraction of sp³-hybridized carbons (Fsp3) is 0.278. The Kier molecular flexibility index (Phi) is 4.76. The van der Waals surface area contributed by atoms with E-state index in [1.54, 1.807) is 17.7 Å². The van der Waals surface area contributed by atoms with Gasteiger partial charge in [-0.15, -0.1) is 11.3 Å². The third-order valence-electron chi connectivity index (χ3n) is 3.83. The minimum Gasteiger partial charge on any atom is -0.368 e. The van der Waals surface area contributed by atoms with Crippen LogP contribution >= 0.6 is 11.3 Å². The van der Waals surface area contributed by atoms with E-state index < -0.39 is 0 Å². The van der Waals surface area contributed by atoms with Gasteiger partial charge in [-0.3, -0.25) is 4.79 Å². The molecule has 2 heterocycles. The molecule has 0 unspecified atom stereocenters. The molecule has 0 aliphatic heterocycles. The second kappa shape index (κ2) is 6.97. The van der Waals surface area contributed by atoms with Crippen LogP contribution in [-0.2, 0) is 4.79 Å². The van der Waals surface area contributed by atoms with E-state index >= 15 is 0 Å². The monoisotopic (exact) mass is 340 g/mol. The molecule has 2 N–H and O–H groups in total. The zero-order valence-corrected chi connectivity index (χ0v) is 14.8. The Morgan fingerprint density at radius 2 is 2.00 bits per heavy atom. The second-order valence-corrected chi connectivity index (χ2v) is 6.64. The minimum atomic E-state index is -0.0314. The molecule has 6 heteroatoms. The predicted octanol–water partition coefficient (Wildman–Crippen LogP) is 3.52. The number of carbonyl (C=O) groups is 1. The summed E-state index contributed by atoms with van der Waals surface area (Å²) in [6.07, 6.45) is 1.57. The summed E-state index contributed by atoms with van der Waals surface area (Å²) in [6, 6.07) is 6.46. The molecule has 2 aromatic heterocycles. The number of anilines is 1. The van der Waals surface area contributed by atoms with Crippen LogP contribution in [0.2, 0.25) is 0 Å². The minimum absolute atomic E-state index is 0.0314. The first kappa shape index (κ1) is 16.4. The summed E-state index contributed by atoms with van der Waals surface area (Å²) >= 11 is 1.62. The molecule has 0 saturated heterocycles. The largest absolute Gasteiger partial charge is 0.368 e.